The average molecular weight is 267 g/mol. The Morgan fingerprint density at radius 3 is 2.95 bits per heavy atom. The van der Waals surface area contributed by atoms with Crippen LogP contribution in [0.1, 0.15) is 19.3 Å². The maximum absolute atomic E-state index is 12.2. The van der Waals surface area contributed by atoms with Crippen molar-refractivity contribution in [1.29, 1.82) is 0 Å². The molecule has 5 heteroatoms. The Bertz CT molecular complexity index is 424. The number of nitrogens with one attached hydrogen (secondary N) is 1. The molecule has 1 amide bonds. The quantitative estimate of drug-likeness (QED) is 0.773. The molecule has 0 saturated carbocycles. The van der Waals surface area contributed by atoms with Crippen LogP contribution >= 0.6 is 0 Å². The SMILES string of the molecule is COC1=C(\C=O)CNC(=O)/C=C(/CCCF)C/C=C\1. The van der Waals surface area contributed by atoms with Crippen LogP contribution in [0.4, 0.5) is 4.39 Å². The fourth-order valence-corrected chi connectivity index (χ4v) is 1.76. The van der Waals surface area contributed by atoms with Gasteiger partial charge in [-0.1, -0.05) is 11.6 Å². The second-order valence-electron chi connectivity index (χ2n) is 4.13. The molecular formula is C14H18FNO3. The van der Waals surface area contributed by atoms with Gasteiger partial charge in [0.25, 0.3) is 0 Å². The lowest BCUT2D eigenvalue weighted by Crippen LogP contribution is -2.25. The van der Waals surface area contributed by atoms with E-state index in [9.17, 15) is 14.0 Å². The van der Waals surface area contributed by atoms with Crippen LogP contribution in [0, 0.1) is 0 Å². The minimum absolute atomic E-state index is 0.114. The lowest BCUT2D eigenvalue weighted by Gasteiger charge is -2.10. The smallest absolute Gasteiger partial charge is 0.244 e. The molecule has 0 aromatic carbocycles. The van der Waals surface area contributed by atoms with E-state index in [-0.39, 0.29) is 12.5 Å². The Labute approximate surface area is 112 Å². The molecule has 0 spiro atoms. The zero-order valence-corrected chi connectivity index (χ0v) is 10.9. The number of aldehydes is 1. The van der Waals surface area contributed by atoms with Gasteiger partial charge in [0.05, 0.1) is 19.4 Å². The number of carbonyl (C=O) groups is 2. The fraction of sp³-hybridized carbons (Fsp3) is 0.429. The lowest BCUT2D eigenvalue weighted by molar-refractivity contribution is -0.116. The lowest BCUT2D eigenvalue weighted by atomic mass is 10.0. The second-order valence-corrected chi connectivity index (χ2v) is 4.13. The van der Waals surface area contributed by atoms with E-state index in [2.05, 4.69) is 5.32 Å². The Hall–Kier alpha value is -1.91. The zero-order valence-electron chi connectivity index (χ0n) is 10.9. The van der Waals surface area contributed by atoms with E-state index in [1.807, 2.05) is 6.08 Å². The Morgan fingerprint density at radius 2 is 2.32 bits per heavy atom. The highest BCUT2D eigenvalue weighted by Crippen LogP contribution is 2.14. The number of hydrogen-bond donors (Lipinski definition) is 1. The van der Waals surface area contributed by atoms with Gasteiger partial charge in [-0.05, 0) is 25.3 Å². The van der Waals surface area contributed by atoms with Gasteiger partial charge >= 0.3 is 0 Å². The Balaban J connectivity index is 2.91. The fourth-order valence-electron chi connectivity index (χ4n) is 1.76. The summed E-state index contributed by atoms with van der Waals surface area (Å²) in [6.07, 6.45) is 7.13. The van der Waals surface area contributed by atoms with Crippen molar-refractivity contribution in [1.82, 2.24) is 5.32 Å². The maximum atomic E-state index is 12.2. The first-order valence-corrected chi connectivity index (χ1v) is 6.13. The van der Waals surface area contributed by atoms with Gasteiger partial charge in [0.2, 0.25) is 5.91 Å². The topological polar surface area (TPSA) is 55.4 Å². The van der Waals surface area contributed by atoms with Crippen molar-refractivity contribution in [2.24, 2.45) is 0 Å². The van der Waals surface area contributed by atoms with Gasteiger partial charge in [-0.25, -0.2) is 0 Å². The largest absolute Gasteiger partial charge is 0.496 e. The predicted octanol–water partition coefficient (Wildman–Crippen LogP) is 1.84. The molecule has 1 N–H and O–H groups in total. The molecule has 4 nitrogen and oxygen atoms in total. The highest BCUT2D eigenvalue weighted by molar-refractivity contribution is 5.89. The monoisotopic (exact) mass is 267 g/mol. The summed E-state index contributed by atoms with van der Waals surface area (Å²) in [7, 11) is 1.47. The first kappa shape index (κ1) is 15.1. The molecule has 0 aliphatic carbocycles. The molecule has 1 aliphatic heterocycles. The van der Waals surface area contributed by atoms with Gasteiger partial charge in [0.15, 0.2) is 6.29 Å². The van der Waals surface area contributed by atoms with E-state index in [1.165, 1.54) is 13.2 Å². The van der Waals surface area contributed by atoms with E-state index in [4.69, 9.17) is 4.74 Å². The van der Waals surface area contributed by atoms with Crippen LogP contribution < -0.4 is 5.32 Å². The van der Waals surface area contributed by atoms with E-state index in [0.717, 1.165) is 5.57 Å². The van der Waals surface area contributed by atoms with Crippen molar-refractivity contribution in [3.05, 3.63) is 35.1 Å². The van der Waals surface area contributed by atoms with Crippen molar-refractivity contribution in [3.63, 3.8) is 0 Å². The van der Waals surface area contributed by atoms with Gasteiger partial charge in [-0.3, -0.25) is 14.0 Å². The second kappa shape index (κ2) is 8.24. The minimum atomic E-state index is -0.402. The van der Waals surface area contributed by atoms with Gasteiger partial charge in [0.1, 0.15) is 5.76 Å². The van der Waals surface area contributed by atoms with Crippen LogP contribution in [-0.4, -0.2) is 32.5 Å². The van der Waals surface area contributed by atoms with Crippen LogP contribution in [-0.2, 0) is 14.3 Å². The predicted molar refractivity (Wildman–Crippen MR) is 70.2 cm³/mol. The third kappa shape index (κ3) is 5.07. The highest BCUT2D eigenvalue weighted by Gasteiger charge is 2.09. The average Bonchev–Trinajstić information content (AvgIpc) is 2.42. The summed E-state index contributed by atoms with van der Waals surface area (Å²) in [5, 5.41) is 2.61. The van der Waals surface area contributed by atoms with Crippen molar-refractivity contribution in [2.45, 2.75) is 19.3 Å². The molecule has 1 heterocycles. The molecule has 0 saturated heterocycles. The minimum Gasteiger partial charge on any atom is -0.496 e. The van der Waals surface area contributed by atoms with Crippen LogP contribution in [0.3, 0.4) is 0 Å². The zero-order chi connectivity index (χ0) is 14.1. The standard InChI is InChI=1S/C14H18FNO3/c1-19-13-6-2-4-11(5-3-7-15)8-14(18)16-9-12(13)10-17/h2,6,8,10H,3-5,7,9H2,1H3,(H,16,18)/b6-2-,11-8+,13-12-. The molecule has 0 fully saturated rings. The third-order valence-corrected chi connectivity index (χ3v) is 2.75. The summed E-state index contributed by atoms with van der Waals surface area (Å²) < 4.78 is 17.3. The third-order valence-electron chi connectivity index (χ3n) is 2.75. The summed E-state index contributed by atoms with van der Waals surface area (Å²) in [5.74, 6) is 0.154. The maximum Gasteiger partial charge on any atom is 0.244 e. The number of methoxy groups -OCH3 is 1. The van der Waals surface area contributed by atoms with Gasteiger partial charge in [0, 0.05) is 12.6 Å². The molecule has 0 aromatic heterocycles. The van der Waals surface area contributed by atoms with Crippen molar-refractivity contribution in [2.75, 3.05) is 20.3 Å². The Kier molecular flexibility index (Phi) is 6.57. The van der Waals surface area contributed by atoms with Gasteiger partial charge in [-0.15, -0.1) is 0 Å². The van der Waals surface area contributed by atoms with Gasteiger partial charge in [-0.2, -0.15) is 0 Å². The van der Waals surface area contributed by atoms with Crippen LogP contribution in [0.15, 0.2) is 35.1 Å². The Morgan fingerprint density at radius 1 is 1.53 bits per heavy atom. The van der Waals surface area contributed by atoms with Crippen molar-refractivity contribution < 1.29 is 18.7 Å². The van der Waals surface area contributed by atoms with E-state index < -0.39 is 6.67 Å². The first-order chi connectivity index (χ1) is 9.21. The molecular weight excluding hydrogens is 249 g/mol. The van der Waals surface area contributed by atoms with Gasteiger partial charge < -0.3 is 10.1 Å². The molecule has 1 aliphatic rings. The number of rotatable bonds is 5. The van der Waals surface area contributed by atoms with E-state index in [0.29, 0.717) is 36.9 Å². The van der Waals surface area contributed by atoms with Crippen LogP contribution in [0.5, 0.6) is 0 Å². The van der Waals surface area contributed by atoms with Crippen molar-refractivity contribution >= 4 is 12.2 Å². The van der Waals surface area contributed by atoms with E-state index in [1.54, 1.807) is 6.08 Å². The molecule has 0 atom stereocenters. The number of amides is 1. The number of carbonyl (C=O) groups excluding carboxylic acids is 2. The summed E-state index contributed by atoms with van der Waals surface area (Å²) in [6, 6.07) is 0. The normalized spacial score (nSPS) is 24.9. The number of hydrogen-bond acceptors (Lipinski definition) is 3. The van der Waals surface area contributed by atoms with Crippen LogP contribution in [0.2, 0.25) is 0 Å². The number of alkyl halides is 1. The summed E-state index contributed by atoms with van der Waals surface area (Å²) in [6.45, 7) is -0.288. The number of halogens is 1. The van der Waals surface area contributed by atoms with Crippen LogP contribution in [0.25, 0.3) is 0 Å². The molecule has 0 radical (unpaired) electrons. The molecule has 1 rings (SSSR count). The summed E-state index contributed by atoms with van der Waals surface area (Å²) >= 11 is 0. The number of ether oxygens (including phenoxy) is 1. The number of allylic oxidation sites excluding steroid dienone is 3. The summed E-state index contributed by atoms with van der Waals surface area (Å²) in [4.78, 5) is 22.6. The molecule has 0 aromatic rings. The molecule has 104 valence electrons. The van der Waals surface area contributed by atoms with E-state index >= 15 is 0 Å². The molecule has 0 unspecified atom stereocenters. The molecule has 19 heavy (non-hydrogen) atoms. The van der Waals surface area contributed by atoms with Crippen molar-refractivity contribution in [3.8, 4) is 0 Å². The summed E-state index contributed by atoms with van der Waals surface area (Å²) in [5.41, 5.74) is 1.24. The first-order valence-electron chi connectivity index (χ1n) is 6.13. The molecule has 0 bridgehead atoms. The highest BCUT2D eigenvalue weighted by atomic mass is 19.1.